The first-order valence-electron chi connectivity index (χ1n) is 9.75. The molecule has 5 heteroatoms. The van der Waals surface area contributed by atoms with Crippen LogP contribution in [0.15, 0.2) is 29.3 Å². The lowest BCUT2D eigenvalue weighted by molar-refractivity contribution is -0.149. The van der Waals surface area contributed by atoms with Crippen LogP contribution < -0.4 is 10.5 Å². The van der Waals surface area contributed by atoms with E-state index in [1.807, 2.05) is 24.3 Å². The number of hydrogen-bond acceptors (Lipinski definition) is 4. The van der Waals surface area contributed by atoms with Crippen LogP contribution in [0.4, 0.5) is 0 Å². The normalized spacial score (nSPS) is 40.8. The summed E-state index contributed by atoms with van der Waals surface area (Å²) in [6.45, 7) is 0. The van der Waals surface area contributed by atoms with Crippen LogP contribution in [0.2, 0.25) is 0 Å². The number of carbonyl (C=O) groups excluding carboxylic acids is 1. The standard InChI is InChI=1S/C21H27N3O2/c1-24-18(25)21(23-19(24)22,16-3-5-17(26-2)6-4-16)20-10-13-7-14(11-20)9-15(8-13)12-20/h3-6,13-15H,7-12H2,1-2H3,(H2,22,23)/t13?,14?,15?,20?,21-/m1/s1. The number of guanidine groups is 1. The topological polar surface area (TPSA) is 67.9 Å². The molecule has 0 radical (unpaired) electrons. The van der Waals surface area contributed by atoms with E-state index in [1.54, 1.807) is 19.1 Å². The first-order valence-corrected chi connectivity index (χ1v) is 9.75. The third-order valence-electron chi connectivity index (χ3n) is 7.55. The molecule has 2 N–H and O–H groups in total. The summed E-state index contributed by atoms with van der Waals surface area (Å²) in [5.74, 6) is 3.42. The van der Waals surface area contributed by atoms with Gasteiger partial charge in [0.05, 0.1) is 7.11 Å². The molecule has 4 saturated carbocycles. The van der Waals surface area contributed by atoms with E-state index in [0.717, 1.165) is 48.3 Å². The van der Waals surface area contributed by atoms with Crippen molar-refractivity contribution in [3.63, 3.8) is 0 Å². The zero-order valence-electron chi connectivity index (χ0n) is 15.6. The van der Waals surface area contributed by atoms with Gasteiger partial charge in [-0.05, 0) is 74.0 Å². The summed E-state index contributed by atoms with van der Waals surface area (Å²) >= 11 is 0. The molecule has 26 heavy (non-hydrogen) atoms. The van der Waals surface area contributed by atoms with Crippen LogP contribution in [0.1, 0.15) is 44.1 Å². The molecule has 4 aliphatic carbocycles. The number of amides is 1. The fraction of sp³-hybridized carbons (Fsp3) is 0.619. The average molecular weight is 353 g/mol. The van der Waals surface area contributed by atoms with Crippen molar-refractivity contribution in [2.75, 3.05) is 14.2 Å². The van der Waals surface area contributed by atoms with E-state index in [-0.39, 0.29) is 11.3 Å². The molecule has 0 spiro atoms. The predicted molar refractivity (Wildman–Crippen MR) is 99.7 cm³/mol. The van der Waals surface area contributed by atoms with Crippen LogP contribution in [0.3, 0.4) is 0 Å². The van der Waals surface area contributed by atoms with E-state index in [1.165, 1.54) is 19.3 Å². The number of hydrogen-bond donors (Lipinski definition) is 1. The largest absolute Gasteiger partial charge is 0.497 e. The van der Waals surface area contributed by atoms with Crippen molar-refractivity contribution >= 4 is 11.9 Å². The molecule has 1 heterocycles. The molecule has 138 valence electrons. The molecule has 0 unspecified atom stereocenters. The molecule has 1 aromatic rings. The van der Waals surface area contributed by atoms with Crippen molar-refractivity contribution < 1.29 is 9.53 Å². The van der Waals surface area contributed by atoms with Gasteiger partial charge in [0.1, 0.15) is 5.75 Å². The van der Waals surface area contributed by atoms with Gasteiger partial charge < -0.3 is 10.5 Å². The molecule has 5 aliphatic rings. The van der Waals surface area contributed by atoms with E-state index < -0.39 is 5.54 Å². The summed E-state index contributed by atoms with van der Waals surface area (Å²) in [6.07, 6.45) is 7.30. The van der Waals surface area contributed by atoms with Crippen LogP contribution in [-0.4, -0.2) is 30.9 Å². The average Bonchev–Trinajstić information content (AvgIpc) is 2.86. The fourth-order valence-corrected chi connectivity index (χ4v) is 6.87. The van der Waals surface area contributed by atoms with E-state index in [9.17, 15) is 4.79 Å². The number of carbonyl (C=O) groups is 1. The lowest BCUT2D eigenvalue weighted by Gasteiger charge is -2.61. The van der Waals surface area contributed by atoms with Gasteiger partial charge in [-0.15, -0.1) is 0 Å². The monoisotopic (exact) mass is 353 g/mol. The number of benzene rings is 1. The Morgan fingerprint density at radius 1 is 1.08 bits per heavy atom. The number of rotatable bonds is 3. The SMILES string of the molecule is COc1ccc([C@@]2(C34CC5CC(CC(C5)C3)C4)N=C(N)N(C)C2=O)cc1. The Bertz CT molecular complexity index is 750. The Kier molecular flexibility index (Phi) is 3.26. The highest BCUT2D eigenvalue weighted by molar-refractivity contribution is 6.07. The lowest BCUT2D eigenvalue weighted by Crippen LogP contribution is -2.59. The second-order valence-electron chi connectivity index (χ2n) is 8.97. The maximum atomic E-state index is 13.6. The van der Waals surface area contributed by atoms with E-state index in [0.29, 0.717) is 5.96 Å². The first-order chi connectivity index (χ1) is 12.5. The molecule has 4 bridgehead atoms. The summed E-state index contributed by atoms with van der Waals surface area (Å²) in [5.41, 5.74) is 6.20. The van der Waals surface area contributed by atoms with Gasteiger partial charge in [0.25, 0.3) is 5.91 Å². The molecule has 1 aliphatic heterocycles. The summed E-state index contributed by atoms with van der Waals surface area (Å²) < 4.78 is 5.33. The van der Waals surface area contributed by atoms with Gasteiger partial charge in [0.2, 0.25) is 0 Å². The minimum Gasteiger partial charge on any atom is -0.497 e. The van der Waals surface area contributed by atoms with Crippen molar-refractivity contribution in [2.45, 2.75) is 44.1 Å². The van der Waals surface area contributed by atoms with Gasteiger partial charge >= 0.3 is 0 Å². The van der Waals surface area contributed by atoms with Crippen LogP contribution in [0.5, 0.6) is 5.75 Å². The third-order valence-corrected chi connectivity index (χ3v) is 7.55. The minimum absolute atomic E-state index is 0.0436. The number of likely N-dealkylation sites (N-methyl/N-ethyl adjacent to an activating group) is 1. The minimum atomic E-state index is -0.867. The Labute approximate surface area is 154 Å². The number of aliphatic imine (C=N–C) groups is 1. The highest BCUT2D eigenvalue weighted by Crippen LogP contribution is 2.67. The molecule has 4 fully saturated rings. The number of nitrogens with zero attached hydrogens (tertiary/aromatic N) is 2. The number of nitrogens with two attached hydrogens (primary N) is 1. The number of methoxy groups -OCH3 is 1. The van der Waals surface area contributed by atoms with E-state index >= 15 is 0 Å². The van der Waals surface area contributed by atoms with Gasteiger partial charge in [-0.3, -0.25) is 9.69 Å². The molecule has 1 atom stereocenters. The second kappa shape index (κ2) is 5.24. The smallest absolute Gasteiger partial charge is 0.262 e. The van der Waals surface area contributed by atoms with Crippen LogP contribution in [-0.2, 0) is 10.3 Å². The fourth-order valence-electron chi connectivity index (χ4n) is 6.87. The Balaban J connectivity index is 1.69. The highest BCUT2D eigenvalue weighted by Gasteiger charge is 2.67. The molecule has 6 rings (SSSR count). The molecular formula is C21H27N3O2. The van der Waals surface area contributed by atoms with E-state index in [4.69, 9.17) is 15.5 Å². The van der Waals surface area contributed by atoms with Crippen LogP contribution in [0, 0.1) is 23.2 Å². The molecule has 1 amide bonds. The summed E-state index contributed by atoms with van der Waals surface area (Å²) in [5, 5.41) is 0. The van der Waals surface area contributed by atoms with Crippen molar-refractivity contribution in [1.82, 2.24) is 4.90 Å². The van der Waals surface area contributed by atoms with Gasteiger partial charge in [0.15, 0.2) is 11.5 Å². The quantitative estimate of drug-likeness (QED) is 0.908. The van der Waals surface area contributed by atoms with Crippen molar-refractivity contribution in [2.24, 2.45) is 33.9 Å². The second-order valence-corrected chi connectivity index (χ2v) is 8.97. The molecule has 0 aromatic heterocycles. The van der Waals surface area contributed by atoms with Crippen molar-refractivity contribution in [3.05, 3.63) is 29.8 Å². The van der Waals surface area contributed by atoms with Crippen molar-refractivity contribution in [3.8, 4) is 5.75 Å². The predicted octanol–water partition coefficient (Wildman–Crippen LogP) is 2.89. The Morgan fingerprint density at radius 2 is 1.62 bits per heavy atom. The van der Waals surface area contributed by atoms with E-state index in [2.05, 4.69) is 0 Å². The molecule has 1 aromatic carbocycles. The molecule has 5 nitrogen and oxygen atoms in total. The molecular weight excluding hydrogens is 326 g/mol. The Hall–Kier alpha value is -2.04. The molecule has 0 saturated heterocycles. The van der Waals surface area contributed by atoms with Gasteiger partial charge in [-0.2, -0.15) is 0 Å². The van der Waals surface area contributed by atoms with Gasteiger partial charge in [0, 0.05) is 12.5 Å². The third kappa shape index (κ3) is 1.92. The summed E-state index contributed by atoms with van der Waals surface area (Å²) in [4.78, 5) is 20.1. The van der Waals surface area contributed by atoms with Crippen molar-refractivity contribution in [1.29, 1.82) is 0 Å². The van der Waals surface area contributed by atoms with Gasteiger partial charge in [-0.25, -0.2) is 4.99 Å². The summed E-state index contributed by atoms with van der Waals surface area (Å²) in [6, 6.07) is 7.92. The van der Waals surface area contributed by atoms with Crippen LogP contribution in [0.25, 0.3) is 0 Å². The van der Waals surface area contributed by atoms with Gasteiger partial charge in [-0.1, -0.05) is 12.1 Å². The lowest BCUT2D eigenvalue weighted by atomic mass is 9.43. The maximum absolute atomic E-state index is 13.6. The number of ether oxygens (including phenoxy) is 1. The highest BCUT2D eigenvalue weighted by atomic mass is 16.5. The van der Waals surface area contributed by atoms with Crippen LogP contribution >= 0.6 is 0 Å². The zero-order valence-corrected chi connectivity index (χ0v) is 15.6. The maximum Gasteiger partial charge on any atom is 0.262 e. The Morgan fingerprint density at radius 3 is 2.04 bits per heavy atom. The summed E-state index contributed by atoms with van der Waals surface area (Å²) in [7, 11) is 3.42. The first kappa shape index (κ1) is 16.2. The zero-order chi connectivity index (χ0) is 18.1.